The fourth-order valence-corrected chi connectivity index (χ4v) is 7.64. The van der Waals surface area contributed by atoms with E-state index in [1.54, 1.807) is 10.9 Å². The van der Waals surface area contributed by atoms with Crippen LogP contribution in [0.3, 0.4) is 0 Å². The highest BCUT2D eigenvalue weighted by atomic mass is 31.1. The molecule has 172 valence electrons. The maximum absolute atomic E-state index is 13.3. The minimum Gasteiger partial charge on any atom is -0.369 e. The number of hydrogen-bond donors (Lipinski definition) is 1. The maximum Gasteiger partial charge on any atom is 0.232 e. The van der Waals surface area contributed by atoms with Crippen LogP contribution in [-0.2, 0) is 23.1 Å². The van der Waals surface area contributed by atoms with Crippen molar-refractivity contribution in [2.24, 2.45) is 11.7 Å². The number of nitrogens with zero attached hydrogens (tertiary/aromatic N) is 1. The largest absolute Gasteiger partial charge is 0.369 e. The third kappa shape index (κ3) is 4.34. The van der Waals surface area contributed by atoms with Crippen molar-refractivity contribution in [1.82, 2.24) is 4.90 Å². The molecule has 3 aliphatic rings. The Labute approximate surface area is 199 Å². The van der Waals surface area contributed by atoms with Gasteiger partial charge in [0, 0.05) is 13.1 Å². The number of nitrogens with two attached hydrogens (primary N) is 1. The topological polar surface area (TPSA) is 46.3 Å². The van der Waals surface area contributed by atoms with E-state index >= 15 is 0 Å². The van der Waals surface area contributed by atoms with Gasteiger partial charge in [0.15, 0.2) is 0 Å². The molecule has 3 nitrogen and oxygen atoms in total. The van der Waals surface area contributed by atoms with E-state index in [9.17, 15) is 4.79 Å². The number of amides is 1. The summed E-state index contributed by atoms with van der Waals surface area (Å²) in [6, 6.07) is 17.4. The van der Waals surface area contributed by atoms with Crippen molar-refractivity contribution >= 4 is 19.8 Å². The average molecular weight is 459 g/mol. The monoisotopic (exact) mass is 458 g/mol. The molecule has 4 heteroatoms. The molecule has 33 heavy (non-hydrogen) atoms. The van der Waals surface area contributed by atoms with Crippen LogP contribution in [-0.4, -0.2) is 36.1 Å². The van der Waals surface area contributed by atoms with Gasteiger partial charge in [-0.25, -0.2) is 0 Å². The van der Waals surface area contributed by atoms with Crippen LogP contribution in [0.1, 0.15) is 42.9 Å². The number of primary amides is 1. The molecule has 2 aliphatic heterocycles. The standard InChI is InChI=1S/C29H35N2OP/c1-21-18-23-19-22(12-13-27(23)33-21)14-16-31-17-15-26(20-31)29(28(30)32,24-8-4-2-5-9-24)25-10-6-3-7-11-25/h2-6,8-10,12-13,19,21,26,33H,7,11,14-18,20H2,1H3,(H2,30,32). The first kappa shape index (κ1) is 22.6. The second kappa shape index (κ2) is 9.57. The van der Waals surface area contributed by atoms with Gasteiger partial charge in [0.1, 0.15) is 0 Å². The number of rotatable bonds is 7. The highest BCUT2D eigenvalue weighted by Crippen LogP contribution is 2.46. The van der Waals surface area contributed by atoms with Crippen LogP contribution in [0, 0.1) is 5.92 Å². The zero-order valence-electron chi connectivity index (χ0n) is 19.6. The molecule has 4 unspecified atom stereocenters. The molecule has 2 heterocycles. The number of fused-ring (bicyclic) bond motifs is 1. The third-order valence-electron chi connectivity index (χ3n) is 7.84. The van der Waals surface area contributed by atoms with Gasteiger partial charge >= 0.3 is 0 Å². The summed E-state index contributed by atoms with van der Waals surface area (Å²) in [4.78, 5) is 15.8. The van der Waals surface area contributed by atoms with Crippen LogP contribution in [0.15, 0.2) is 72.3 Å². The van der Waals surface area contributed by atoms with Crippen LogP contribution >= 0.6 is 8.58 Å². The predicted molar refractivity (Wildman–Crippen MR) is 140 cm³/mol. The first-order valence-electron chi connectivity index (χ1n) is 12.4. The van der Waals surface area contributed by atoms with Crippen LogP contribution in [0.4, 0.5) is 0 Å². The van der Waals surface area contributed by atoms with Gasteiger partial charge in [0.25, 0.3) is 0 Å². The van der Waals surface area contributed by atoms with E-state index in [1.807, 2.05) is 18.2 Å². The van der Waals surface area contributed by atoms with E-state index in [0.29, 0.717) is 0 Å². The van der Waals surface area contributed by atoms with Crippen LogP contribution in [0.5, 0.6) is 0 Å². The fourth-order valence-electron chi connectivity index (χ4n) is 6.25. The van der Waals surface area contributed by atoms with Crippen molar-refractivity contribution in [3.8, 4) is 0 Å². The molecule has 0 saturated carbocycles. The summed E-state index contributed by atoms with van der Waals surface area (Å²) in [6.45, 7) is 5.34. The van der Waals surface area contributed by atoms with Gasteiger partial charge in [-0.3, -0.25) is 4.79 Å². The number of benzene rings is 2. The van der Waals surface area contributed by atoms with Gasteiger partial charge in [0.2, 0.25) is 5.91 Å². The van der Waals surface area contributed by atoms with Gasteiger partial charge < -0.3 is 10.6 Å². The summed E-state index contributed by atoms with van der Waals surface area (Å²) >= 11 is 0. The van der Waals surface area contributed by atoms with Crippen LogP contribution in [0.25, 0.3) is 0 Å². The molecular formula is C29H35N2OP. The Morgan fingerprint density at radius 2 is 2.06 bits per heavy atom. The van der Waals surface area contributed by atoms with Crippen LogP contribution in [0.2, 0.25) is 0 Å². The molecule has 2 aromatic carbocycles. The lowest BCUT2D eigenvalue weighted by Crippen LogP contribution is -2.50. The Bertz CT molecular complexity index is 1080. The second-order valence-electron chi connectivity index (χ2n) is 9.97. The Hall–Kier alpha value is -2.22. The summed E-state index contributed by atoms with van der Waals surface area (Å²) < 4.78 is 0. The van der Waals surface area contributed by atoms with Gasteiger partial charge in [-0.05, 0) is 77.8 Å². The van der Waals surface area contributed by atoms with Gasteiger partial charge in [-0.2, -0.15) is 0 Å². The smallest absolute Gasteiger partial charge is 0.232 e. The first-order chi connectivity index (χ1) is 16.1. The number of likely N-dealkylation sites (tertiary alicyclic amines) is 1. The van der Waals surface area contributed by atoms with Crippen molar-refractivity contribution in [3.63, 3.8) is 0 Å². The molecule has 5 rings (SSSR count). The molecule has 2 N–H and O–H groups in total. The SMILES string of the molecule is CC1Cc2cc(CCN3CCC(C(C(N)=O)(C4=CC=CCC4)c4ccccc4)C3)ccc2P1. The molecule has 0 spiro atoms. The number of allylic oxidation sites excluding steroid dienone is 3. The number of carbonyl (C=O) groups excluding carboxylic acids is 1. The first-order valence-corrected chi connectivity index (χ1v) is 13.5. The molecule has 1 fully saturated rings. The van der Waals surface area contributed by atoms with Gasteiger partial charge in [0.05, 0.1) is 5.41 Å². The van der Waals surface area contributed by atoms with E-state index in [2.05, 4.69) is 60.4 Å². The lowest BCUT2D eigenvalue weighted by atomic mass is 9.62. The minimum absolute atomic E-state index is 0.198. The van der Waals surface area contributed by atoms with Crippen molar-refractivity contribution in [3.05, 3.63) is 89.0 Å². The van der Waals surface area contributed by atoms with Crippen molar-refractivity contribution in [2.45, 2.75) is 50.1 Å². The van der Waals surface area contributed by atoms with Gasteiger partial charge in [-0.1, -0.05) is 82.3 Å². The molecular weight excluding hydrogens is 423 g/mol. The molecule has 2 aromatic rings. The van der Waals surface area contributed by atoms with E-state index in [-0.39, 0.29) is 11.8 Å². The van der Waals surface area contributed by atoms with E-state index in [1.165, 1.54) is 17.6 Å². The molecule has 0 aromatic heterocycles. The van der Waals surface area contributed by atoms with E-state index < -0.39 is 5.41 Å². The van der Waals surface area contributed by atoms with E-state index in [0.717, 1.165) is 65.1 Å². The van der Waals surface area contributed by atoms with Crippen molar-refractivity contribution in [2.75, 3.05) is 19.6 Å². The summed E-state index contributed by atoms with van der Waals surface area (Å²) in [5.41, 5.74) is 11.6. The number of carbonyl (C=O) groups is 1. The molecule has 0 radical (unpaired) electrons. The highest BCUT2D eigenvalue weighted by Gasteiger charge is 2.50. The normalized spacial score (nSPS) is 25.1. The van der Waals surface area contributed by atoms with E-state index in [4.69, 9.17) is 5.73 Å². The second-order valence-corrected chi connectivity index (χ2v) is 11.8. The Balaban J connectivity index is 1.35. The van der Waals surface area contributed by atoms with Crippen molar-refractivity contribution < 1.29 is 4.79 Å². The highest BCUT2D eigenvalue weighted by molar-refractivity contribution is 7.48. The Morgan fingerprint density at radius 3 is 2.82 bits per heavy atom. The quantitative estimate of drug-likeness (QED) is 0.621. The molecule has 1 saturated heterocycles. The summed E-state index contributed by atoms with van der Waals surface area (Å²) in [7, 11) is 0.968. The number of hydrogen-bond acceptors (Lipinski definition) is 2. The molecule has 1 amide bonds. The molecule has 0 bridgehead atoms. The van der Waals surface area contributed by atoms with Gasteiger partial charge in [-0.15, -0.1) is 0 Å². The molecule has 1 aliphatic carbocycles. The zero-order chi connectivity index (χ0) is 22.8. The third-order valence-corrected chi connectivity index (χ3v) is 9.33. The predicted octanol–water partition coefficient (Wildman–Crippen LogP) is 4.50. The fraction of sp³-hybridized carbons (Fsp3) is 0.414. The maximum atomic E-state index is 13.3. The average Bonchev–Trinajstić information content (AvgIpc) is 3.45. The Kier molecular flexibility index (Phi) is 6.54. The summed E-state index contributed by atoms with van der Waals surface area (Å²) in [5, 5.41) is 1.57. The minimum atomic E-state index is -0.717. The lowest BCUT2D eigenvalue weighted by Gasteiger charge is -2.40. The lowest BCUT2D eigenvalue weighted by molar-refractivity contribution is -0.124. The van der Waals surface area contributed by atoms with Crippen LogP contribution < -0.4 is 11.0 Å². The summed E-state index contributed by atoms with van der Waals surface area (Å²) in [6.07, 6.45) is 11.6. The Morgan fingerprint density at radius 1 is 1.21 bits per heavy atom. The van der Waals surface area contributed by atoms with Crippen molar-refractivity contribution in [1.29, 1.82) is 0 Å². The summed E-state index contributed by atoms with van der Waals surface area (Å²) in [5.74, 6) is 0.00731. The molecule has 4 atom stereocenters. The zero-order valence-corrected chi connectivity index (χ0v) is 20.6.